The summed E-state index contributed by atoms with van der Waals surface area (Å²) in [4.78, 5) is 22.0. The highest BCUT2D eigenvalue weighted by molar-refractivity contribution is 7.18. The molecule has 1 aromatic rings. The van der Waals surface area contributed by atoms with E-state index in [2.05, 4.69) is 0 Å². The summed E-state index contributed by atoms with van der Waals surface area (Å²) in [6.07, 6.45) is 0.424. The first-order valence-electron chi connectivity index (χ1n) is 3.93. The summed E-state index contributed by atoms with van der Waals surface area (Å²) in [5.41, 5.74) is 11.0. The Bertz CT molecular complexity index is 398. The summed E-state index contributed by atoms with van der Waals surface area (Å²) >= 11 is 0.924. The number of primary amides is 1. The van der Waals surface area contributed by atoms with E-state index in [1.54, 1.807) is 6.92 Å². The summed E-state index contributed by atoms with van der Waals surface area (Å²) in [5.74, 6) is -1.76. The molecule has 0 saturated carbocycles. The van der Waals surface area contributed by atoms with Crippen molar-refractivity contribution in [2.45, 2.75) is 13.3 Å². The Hall–Kier alpha value is -1.56. The Balaban J connectivity index is 3.43. The third kappa shape index (κ3) is 1.56. The average molecular weight is 214 g/mol. The van der Waals surface area contributed by atoms with Gasteiger partial charge in [-0.15, -0.1) is 11.3 Å². The van der Waals surface area contributed by atoms with Crippen molar-refractivity contribution >= 4 is 28.2 Å². The molecule has 0 radical (unpaired) electrons. The minimum atomic E-state index is -1.12. The normalized spacial score (nSPS) is 10.1. The number of rotatable bonds is 3. The number of aromatic carboxylic acids is 1. The van der Waals surface area contributed by atoms with Crippen LogP contribution in [0.5, 0.6) is 0 Å². The van der Waals surface area contributed by atoms with Gasteiger partial charge in [0, 0.05) is 0 Å². The molecule has 0 atom stereocenters. The molecule has 0 aliphatic carbocycles. The van der Waals surface area contributed by atoms with Gasteiger partial charge in [-0.2, -0.15) is 0 Å². The largest absolute Gasteiger partial charge is 0.478 e. The van der Waals surface area contributed by atoms with E-state index < -0.39 is 11.9 Å². The summed E-state index contributed by atoms with van der Waals surface area (Å²) in [7, 11) is 0. The van der Waals surface area contributed by atoms with E-state index in [9.17, 15) is 9.59 Å². The van der Waals surface area contributed by atoms with Gasteiger partial charge in [0.15, 0.2) is 0 Å². The number of carbonyl (C=O) groups excluding carboxylic acids is 1. The summed E-state index contributed by atoms with van der Waals surface area (Å²) in [6, 6.07) is 0. The van der Waals surface area contributed by atoms with Crippen molar-refractivity contribution in [3.63, 3.8) is 0 Å². The molecule has 5 nitrogen and oxygen atoms in total. The number of thiophene rings is 1. The maximum absolute atomic E-state index is 11.0. The van der Waals surface area contributed by atoms with E-state index in [1.807, 2.05) is 0 Å². The number of amides is 1. The van der Waals surface area contributed by atoms with Crippen molar-refractivity contribution in [1.82, 2.24) is 0 Å². The molecule has 0 aliphatic heterocycles. The van der Waals surface area contributed by atoms with Gasteiger partial charge in [0.05, 0.1) is 10.4 Å². The van der Waals surface area contributed by atoms with Crippen molar-refractivity contribution in [3.05, 3.63) is 16.0 Å². The molecule has 0 fully saturated rings. The Kier molecular flexibility index (Phi) is 2.76. The van der Waals surface area contributed by atoms with E-state index >= 15 is 0 Å². The zero-order valence-electron chi connectivity index (χ0n) is 7.53. The van der Waals surface area contributed by atoms with Crippen LogP contribution in [-0.4, -0.2) is 17.0 Å². The molecule has 1 rings (SSSR count). The zero-order chi connectivity index (χ0) is 10.9. The number of hydrogen-bond acceptors (Lipinski definition) is 4. The van der Waals surface area contributed by atoms with E-state index in [4.69, 9.17) is 16.6 Å². The standard InChI is InChI=1S/C8H10N2O3S/c1-2-3-4(8(12)13)7(10)14-5(3)6(9)11/h2,10H2,1H3,(H2,9,11)(H,12,13). The molecule has 0 aliphatic rings. The maximum Gasteiger partial charge on any atom is 0.339 e. The Labute approximate surface area is 84.3 Å². The van der Waals surface area contributed by atoms with Gasteiger partial charge in [-0.3, -0.25) is 4.79 Å². The van der Waals surface area contributed by atoms with Gasteiger partial charge in [0.25, 0.3) is 5.91 Å². The van der Waals surface area contributed by atoms with Gasteiger partial charge in [-0.05, 0) is 12.0 Å². The molecule has 1 amide bonds. The lowest BCUT2D eigenvalue weighted by Gasteiger charge is -1.98. The first kappa shape index (κ1) is 10.5. The number of anilines is 1. The van der Waals surface area contributed by atoms with E-state index in [-0.39, 0.29) is 15.4 Å². The van der Waals surface area contributed by atoms with E-state index in [0.29, 0.717) is 12.0 Å². The van der Waals surface area contributed by atoms with Crippen molar-refractivity contribution in [3.8, 4) is 0 Å². The Morgan fingerprint density at radius 3 is 2.43 bits per heavy atom. The summed E-state index contributed by atoms with van der Waals surface area (Å²) in [5, 5.41) is 8.98. The third-order valence-corrected chi connectivity index (χ3v) is 2.90. The van der Waals surface area contributed by atoms with Gasteiger partial charge in [-0.1, -0.05) is 6.92 Å². The molecule has 5 N–H and O–H groups in total. The van der Waals surface area contributed by atoms with Gasteiger partial charge in [0.2, 0.25) is 0 Å². The topological polar surface area (TPSA) is 106 Å². The fourth-order valence-electron chi connectivity index (χ4n) is 1.26. The average Bonchev–Trinajstić information content (AvgIpc) is 2.41. The van der Waals surface area contributed by atoms with Crippen molar-refractivity contribution < 1.29 is 14.7 Å². The molecule has 0 bridgehead atoms. The smallest absolute Gasteiger partial charge is 0.339 e. The number of hydrogen-bond donors (Lipinski definition) is 3. The molecule has 0 unspecified atom stereocenters. The second kappa shape index (κ2) is 3.67. The highest BCUT2D eigenvalue weighted by atomic mass is 32.1. The Morgan fingerprint density at radius 1 is 1.50 bits per heavy atom. The van der Waals surface area contributed by atoms with Crippen molar-refractivity contribution in [1.29, 1.82) is 0 Å². The van der Waals surface area contributed by atoms with Crippen LogP contribution in [0.1, 0.15) is 32.5 Å². The van der Waals surface area contributed by atoms with Crippen LogP contribution in [0.3, 0.4) is 0 Å². The number of carboxylic acid groups (broad SMARTS) is 1. The molecule has 14 heavy (non-hydrogen) atoms. The van der Waals surface area contributed by atoms with Crippen molar-refractivity contribution in [2.24, 2.45) is 5.73 Å². The Morgan fingerprint density at radius 2 is 2.07 bits per heavy atom. The maximum atomic E-state index is 11.0. The fourth-order valence-corrected chi connectivity index (χ4v) is 2.26. The third-order valence-electron chi connectivity index (χ3n) is 1.83. The molecule has 0 aromatic carbocycles. The van der Waals surface area contributed by atoms with Gasteiger partial charge in [-0.25, -0.2) is 4.79 Å². The molecule has 1 aromatic heterocycles. The van der Waals surface area contributed by atoms with Gasteiger partial charge >= 0.3 is 5.97 Å². The van der Waals surface area contributed by atoms with Crippen LogP contribution < -0.4 is 11.5 Å². The van der Waals surface area contributed by atoms with Gasteiger partial charge in [0.1, 0.15) is 5.00 Å². The fraction of sp³-hybridized carbons (Fsp3) is 0.250. The molecular formula is C8H10N2O3S. The molecule has 1 heterocycles. The number of carbonyl (C=O) groups is 2. The highest BCUT2D eigenvalue weighted by Crippen LogP contribution is 2.31. The van der Waals surface area contributed by atoms with Crippen LogP contribution in [0.25, 0.3) is 0 Å². The summed E-state index contributed by atoms with van der Waals surface area (Å²) in [6.45, 7) is 1.75. The predicted molar refractivity (Wildman–Crippen MR) is 53.6 cm³/mol. The molecule has 0 spiro atoms. The van der Waals surface area contributed by atoms with Crippen LogP contribution in [0, 0.1) is 0 Å². The lowest BCUT2D eigenvalue weighted by atomic mass is 10.1. The molecular weight excluding hydrogens is 204 g/mol. The quantitative estimate of drug-likeness (QED) is 0.688. The van der Waals surface area contributed by atoms with Crippen LogP contribution in [0.4, 0.5) is 5.00 Å². The minimum absolute atomic E-state index is 0.00583. The van der Waals surface area contributed by atoms with Gasteiger partial charge < -0.3 is 16.6 Å². The van der Waals surface area contributed by atoms with Crippen LogP contribution in [0.15, 0.2) is 0 Å². The number of nitrogen functional groups attached to an aromatic ring is 1. The monoisotopic (exact) mass is 214 g/mol. The SMILES string of the molecule is CCc1c(C(N)=O)sc(N)c1C(=O)O. The lowest BCUT2D eigenvalue weighted by Crippen LogP contribution is -2.12. The lowest BCUT2D eigenvalue weighted by molar-refractivity contribution is 0.0697. The number of carboxylic acids is 1. The second-order valence-electron chi connectivity index (χ2n) is 2.67. The van der Waals surface area contributed by atoms with Crippen molar-refractivity contribution in [2.75, 3.05) is 5.73 Å². The highest BCUT2D eigenvalue weighted by Gasteiger charge is 2.22. The first-order chi connectivity index (χ1) is 6.49. The minimum Gasteiger partial charge on any atom is -0.478 e. The summed E-state index contributed by atoms with van der Waals surface area (Å²) < 4.78 is 0. The molecule has 76 valence electrons. The zero-order valence-corrected chi connectivity index (χ0v) is 8.35. The number of nitrogens with two attached hydrogens (primary N) is 2. The van der Waals surface area contributed by atoms with E-state index in [0.717, 1.165) is 11.3 Å². The van der Waals surface area contributed by atoms with Crippen LogP contribution in [-0.2, 0) is 6.42 Å². The van der Waals surface area contributed by atoms with Crippen LogP contribution >= 0.6 is 11.3 Å². The van der Waals surface area contributed by atoms with E-state index in [1.165, 1.54) is 0 Å². The first-order valence-corrected chi connectivity index (χ1v) is 4.74. The molecule has 0 saturated heterocycles. The van der Waals surface area contributed by atoms with Crippen LogP contribution in [0.2, 0.25) is 0 Å². The second-order valence-corrected chi connectivity index (χ2v) is 3.72. The molecule has 6 heteroatoms. The predicted octanol–water partition coefficient (Wildman–Crippen LogP) is 0.690.